The van der Waals surface area contributed by atoms with E-state index in [2.05, 4.69) is 0 Å². The summed E-state index contributed by atoms with van der Waals surface area (Å²) in [5.41, 5.74) is 0.288. The molecule has 0 aliphatic carbocycles. The number of carboxylic acid groups (broad SMARTS) is 1. The molecular formula is C9H8O3S. The average Bonchev–Trinajstić information content (AvgIpc) is 2.53. The first-order valence-corrected chi connectivity index (χ1v) is 4.54. The van der Waals surface area contributed by atoms with Crippen LogP contribution in [-0.2, 0) is 4.79 Å². The lowest BCUT2D eigenvalue weighted by atomic mass is 10.3. The second-order valence-electron chi connectivity index (χ2n) is 2.35. The first kappa shape index (κ1) is 9.67. The van der Waals surface area contributed by atoms with Crippen LogP contribution in [0.3, 0.4) is 0 Å². The van der Waals surface area contributed by atoms with Gasteiger partial charge in [-0.15, -0.1) is 11.3 Å². The molecule has 0 spiro atoms. The summed E-state index contributed by atoms with van der Waals surface area (Å²) in [4.78, 5) is 21.3. The smallest absolute Gasteiger partial charge is 0.336 e. The second-order valence-corrected chi connectivity index (χ2v) is 3.29. The summed E-state index contributed by atoms with van der Waals surface area (Å²) in [5, 5.41) is 10.2. The number of hydrogen-bond donors (Lipinski definition) is 1. The molecule has 68 valence electrons. The van der Waals surface area contributed by atoms with Crippen LogP contribution in [-0.4, -0.2) is 17.4 Å². The molecule has 0 amide bonds. The maximum absolute atomic E-state index is 10.5. The van der Waals surface area contributed by atoms with Crippen LogP contribution in [0.15, 0.2) is 17.5 Å². The Morgan fingerprint density at radius 3 is 2.92 bits per heavy atom. The first-order chi connectivity index (χ1) is 6.24. The molecule has 3 nitrogen and oxygen atoms in total. The zero-order valence-electron chi connectivity index (χ0n) is 6.77. The van der Waals surface area contributed by atoms with Crippen molar-refractivity contribution in [3.05, 3.63) is 28.0 Å². The Morgan fingerprint density at radius 1 is 1.62 bits per heavy atom. The molecule has 0 aromatic carbocycles. The molecule has 1 aromatic heterocycles. The fraction of sp³-hybridized carbons (Fsp3) is 0.111. The molecule has 0 aliphatic heterocycles. The van der Waals surface area contributed by atoms with Crippen LogP contribution in [0.5, 0.6) is 0 Å². The van der Waals surface area contributed by atoms with Gasteiger partial charge >= 0.3 is 5.97 Å². The van der Waals surface area contributed by atoms with Gasteiger partial charge in [0.05, 0.1) is 5.56 Å². The number of carbonyl (C=O) groups is 2. The predicted octanol–water partition coefficient (Wildman–Crippen LogP) is 2.05. The van der Waals surface area contributed by atoms with Crippen LogP contribution in [0.2, 0.25) is 0 Å². The van der Waals surface area contributed by atoms with Crippen molar-refractivity contribution in [2.45, 2.75) is 6.42 Å². The van der Waals surface area contributed by atoms with Gasteiger partial charge < -0.3 is 9.90 Å². The Hall–Kier alpha value is -1.42. The molecule has 1 heterocycles. The molecular weight excluding hydrogens is 188 g/mol. The highest BCUT2D eigenvalue weighted by Gasteiger charge is 2.03. The van der Waals surface area contributed by atoms with Crippen molar-refractivity contribution in [2.24, 2.45) is 0 Å². The number of allylic oxidation sites excluding steroid dienone is 1. The number of rotatable bonds is 4. The number of aldehydes is 1. The van der Waals surface area contributed by atoms with Crippen molar-refractivity contribution in [2.75, 3.05) is 0 Å². The summed E-state index contributed by atoms with van der Waals surface area (Å²) in [6.07, 6.45) is 4.60. The minimum absolute atomic E-state index is 0.288. The van der Waals surface area contributed by atoms with Gasteiger partial charge in [-0.25, -0.2) is 4.79 Å². The van der Waals surface area contributed by atoms with Crippen LogP contribution in [0.4, 0.5) is 0 Å². The van der Waals surface area contributed by atoms with E-state index in [0.717, 1.165) is 11.2 Å². The van der Waals surface area contributed by atoms with Gasteiger partial charge in [-0.2, -0.15) is 0 Å². The molecule has 4 heteroatoms. The Kier molecular flexibility index (Phi) is 3.40. The lowest BCUT2D eigenvalue weighted by Crippen LogP contribution is -1.91. The molecule has 1 aromatic rings. The monoisotopic (exact) mass is 196 g/mol. The SMILES string of the molecule is O=CCC=Cc1cc(C(=O)O)cs1. The number of thiophene rings is 1. The normalized spacial score (nSPS) is 10.5. The lowest BCUT2D eigenvalue weighted by Gasteiger charge is -1.82. The molecule has 0 atom stereocenters. The molecule has 0 radical (unpaired) electrons. The Bertz CT molecular complexity index is 338. The van der Waals surface area contributed by atoms with E-state index in [-0.39, 0.29) is 5.56 Å². The van der Waals surface area contributed by atoms with Crippen molar-refractivity contribution in [1.82, 2.24) is 0 Å². The summed E-state index contributed by atoms with van der Waals surface area (Å²) >= 11 is 1.34. The molecule has 13 heavy (non-hydrogen) atoms. The van der Waals surface area contributed by atoms with Crippen LogP contribution in [0.25, 0.3) is 6.08 Å². The maximum atomic E-state index is 10.5. The van der Waals surface area contributed by atoms with Gasteiger partial charge in [-0.1, -0.05) is 6.08 Å². The largest absolute Gasteiger partial charge is 0.478 e. The van der Waals surface area contributed by atoms with Crippen molar-refractivity contribution < 1.29 is 14.7 Å². The highest BCUT2D eigenvalue weighted by atomic mass is 32.1. The van der Waals surface area contributed by atoms with E-state index >= 15 is 0 Å². The van der Waals surface area contributed by atoms with Crippen molar-refractivity contribution in [1.29, 1.82) is 0 Å². The molecule has 0 fully saturated rings. The Labute approximate surface area is 79.3 Å². The molecule has 1 N–H and O–H groups in total. The summed E-state index contributed by atoms with van der Waals surface area (Å²) in [5.74, 6) is -0.925. The number of carbonyl (C=O) groups excluding carboxylic acids is 1. The number of aromatic carboxylic acids is 1. The summed E-state index contributed by atoms with van der Waals surface area (Å²) in [6.45, 7) is 0. The fourth-order valence-electron chi connectivity index (χ4n) is 0.792. The highest BCUT2D eigenvalue weighted by molar-refractivity contribution is 7.11. The van der Waals surface area contributed by atoms with Crippen LogP contribution < -0.4 is 0 Å². The van der Waals surface area contributed by atoms with E-state index in [4.69, 9.17) is 5.11 Å². The van der Waals surface area contributed by atoms with Crippen molar-refractivity contribution >= 4 is 29.7 Å². The fourth-order valence-corrected chi connectivity index (χ4v) is 1.59. The summed E-state index contributed by atoms with van der Waals surface area (Å²) in [6, 6.07) is 1.58. The second kappa shape index (κ2) is 4.57. The van der Waals surface area contributed by atoms with Gasteiger partial charge in [-0.3, -0.25) is 0 Å². The zero-order valence-corrected chi connectivity index (χ0v) is 7.58. The van der Waals surface area contributed by atoms with Gasteiger partial charge in [0.15, 0.2) is 0 Å². The first-order valence-electron chi connectivity index (χ1n) is 3.66. The maximum Gasteiger partial charge on any atom is 0.336 e. The topological polar surface area (TPSA) is 54.4 Å². The zero-order chi connectivity index (χ0) is 9.68. The van der Waals surface area contributed by atoms with Gasteiger partial charge in [0, 0.05) is 16.7 Å². The van der Waals surface area contributed by atoms with E-state index in [1.165, 1.54) is 11.3 Å². The van der Waals surface area contributed by atoms with E-state index in [0.29, 0.717) is 6.42 Å². The quantitative estimate of drug-likeness (QED) is 0.750. The standard InChI is InChI=1S/C9H8O3S/c10-4-2-1-3-8-5-7(6-13-8)9(11)12/h1,3-6H,2H2,(H,11,12). The Morgan fingerprint density at radius 2 is 2.38 bits per heavy atom. The summed E-state index contributed by atoms with van der Waals surface area (Å²) in [7, 11) is 0. The van der Waals surface area contributed by atoms with Crippen LogP contribution >= 0.6 is 11.3 Å². The van der Waals surface area contributed by atoms with Crippen LogP contribution in [0, 0.1) is 0 Å². The lowest BCUT2D eigenvalue weighted by molar-refractivity contribution is -0.107. The summed E-state index contributed by atoms with van der Waals surface area (Å²) < 4.78 is 0. The molecule has 0 saturated carbocycles. The van der Waals surface area contributed by atoms with Crippen molar-refractivity contribution in [3.63, 3.8) is 0 Å². The third-order valence-electron chi connectivity index (χ3n) is 1.38. The van der Waals surface area contributed by atoms with Gasteiger partial charge in [0.1, 0.15) is 6.29 Å². The van der Waals surface area contributed by atoms with E-state index in [9.17, 15) is 9.59 Å². The highest BCUT2D eigenvalue weighted by Crippen LogP contribution is 2.16. The molecule has 1 rings (SSSR count). The molecule has 0 unspecified atom stereocenters. The van der Waals surface area contributed by atoms with Gasteiger partial charge in [-0.05, 0) is 12.1 Å². The number of hydrogen-bond acceptors (Lipinski definition) is 3. The predicted molar refractivity (Wildman–Crippen MR) is 51.0 cm³/mol. The van der Waals surface area contributed by atoms with E-state index in [1.807, 2.05) is 0 Å². The minimum Gasteiger partial charge on any atom is -0.478 e. The van der Waals surface area contributed by atoms with Crippen molar-refractivity contribution in [3.8, 4) is 0 Å². The molecule has 0 aliphatic rings. The van der Waals surface area contributed by atoms with Crippen LogP contribution in [0.1, 0.15) is 21.7 Å². The van der Waals surface area contributed by atoms with E-state index in [1.54, 1.807) is 23.6 Å². The Balaban J connectivity index is 2.69. The third-order valence-corrected chi connectivity index (χ3v) is 2.28. The average molecular weight is 196 g/mol. The number of carboxylic acids is 1. The van der Waals surface area contributed by atoms with Gasteiger partial charge in [0.25, 0.3) is 0 Å². The third kappa shape index (κ3) is 2.83. The van der Waals surface area contributed by atoms with E-state index < -0.39 is 5.97 Å². The van der Waals surface area contributed by atoms with Gasteiger partial charge in [0.2, 0.25) is 0 Å². The molecule has 0 saturated heterocycles. The minimum atomic E-state index is -0.925. The molecule has 0 bridgehead atoms.